The molecule has 23 heavy (non-hydrogen) atoms. The molecule has 1 N–H and O–H groups in total. The first-order valence-corrected chi connectivity index (χ1v) is 9.55. The van der Waals surface area contributed by atoms with Crippen molar-refractivity contribution < 1.29 is 9.59 Å². The van der Waals surface area contributed by atoms with E-state index in [1.807, 2.05) is 17.5 Å². The number of amides is 2. The Kier molecular flexibility index (Phi) is 4.90. The molecule has 0 saturated carbocycles. The number of thiophene rings is 1. The van der Waals surface area contributed by atoms with Gasteiger partial charge in [-0.1, -0.05) is 30.0 Å². The number of carbonyl (C=O) groups excluding carboxylic acids is 2. The highest BCUT2D eigenvalue weighted by Crippen LogP contribution is 2.34. The first kappa shape index (κ1) is 16.3. The van der Waals surface area contributed by atoms with E-state index in [0.29, 0.717) is 14.4 Å². The first-order chi connectivity index (χ1) is 11.1. The number of hydrogen-bond donors (Lipinski definition) is 1. The number of thiazole rings is 1. The van der Waals surface area contributed by atoms with Crippen molar-refractivity contribution in [1.29, 1.82) is 0 Å². The molecular formula is C14H11N3O2S4. The van der Waals surface area contributed by atoms with Gasteiger partial charge >= 0.3 is 0 Å². The predicted molar refractivity (Wildman–Crippen MR) is 99.5 cm³/mol. The van der Waals surface area contributed by atoms with Crippen LogP contribution in [0, 0.1) is 0 Å². The number of anilines is 1. The monoisotopic (exact) mass is 381 g/mol. The molecule has 1 aliphatic rings. The Balaban J connectivity index is 1.75. The number of rotatable bonds is 4. The Morgan fingerprint density at radius 2 is 2.26 bits per heavy atom. The van der Waals surface area contributed by atoms with E-state index in [1.165, 1.54) is 28.0 Å². The highest BCUT2D eigenvalue weighted by atomic mass is 32.2. The van der Waals surface area contributed by atoms with Crippen LogP contribution < -0.4 is 5.32 Å². The lowest BCUT2D eigenvalue weighted by atomic mass is 10.2. The largest absolute Gasteiger partial charge is 0.300 e. The van der Waals surface area contributed by atoms with Crippen molar-refractivity contribution in [3.05, 3.63) is 38.9 Å². The molecule has 118 valence electrons. The molecule has 1 saturated heterocycles. The minimum Gasteiger partial charge on any atom is -0.300 e. The fraction of sp³-hybridized carbons (Fsp3) is 0.143. The molecule has 0 radical (unpaired) electrons. The lowest BCUT2D eigenvalue weighted by molar-refractivity contribution is -0.129. The summed E-state index contributed by atoms with van der Waals surface area (Å²) >= 11 is 9.35. The molecule has 1 aliphatic heterocycles. The summed E-state index contributed by atoms with van der Waals surface area (Å²) in [5.74, 6) is -0.552. The van der Waals surface area contributed by atoms with Gasteiger partial charge in [-0.2, -0.15) is 0 Å². The molecule has 0 aromatic carbocycles. The third kappa shape index (κ3) is 3.52. The standard InChI is InChI=1S/C14H11N3O2S4/c1-8(11(18)16-13-15-4-6-22-13)17-12(19)10(23-14(17)20)7-9-3-2-5-21-9/h2-8H,1H3,(H,15,16,18)/b10-7-. The zero-order valence-corrected chi connectivity index (χ0v) is 15.2. The summed E-state index contributed by atoms with van der Waals surface area (Å²) in [4.78, 5) is 31.7. The van der Waals surface area contributed by atoms with Gasteiger partial charge in [0.05, 0.1) is 4.91 Å². The van der Waals surface area contributed by atoms with Gasteiger partial charge in [0.25, 0.3) is 5.91 Å². The quantitative estimate of drug-likeness (QED) is 0.649. The van der Waals surface area contributed by atoms with Crippen molar-refractivity contribution in [3.63, 3.8) is 0 Å². The molecule has 0 spiro atoms. The Hall–Kier alpha value is -1.55. The fourth-order valence-corrected chi connectivity index (χ4v) is 4.60. The summed E-state index contributed by atoms with van der Waals surface area (Å²) in [6.45, 7) is 1.65. The summed E-state index contributed by atoms with van der Waals surface area (Å²) in [6.07, 6.45) is 3.41. The van der Waals surface area contributed by atoms with Crippen LogP contribution in [-0.4, -0.2) is 32.1 Å². The van der Waals surface area contributed by atoms with Crippen LogP contribution >= 0.6 is 46.7 Å². The van der Waals surface area contributed by atoms with E-state index >= 15 is 0 Å². The van der Waals surface area contributed by atoms with Crippen LogP contribution in [-0.2, 0) is 9.59 Å². The normalized spacial score (nSPS) is 17.8. The van der Waals surface area contributed by atoms with Crippen molar-refractivity contribution >= 4 is 74.0 Å². The van der Waals surface area contributed by atoms with E-state index in [-0.39, 0.29) is 11.8 Å². The first-order valence-electron chi connectivity index (χ1n) is 6.57. The lowest BCUT2D eigenvalue weighted by Crippen LogP contribution is -2.44. The second-order valence-electron chi connectivity index (χ2n) is 4.57. The Morgan fingerprint density at radius 3 is 2.91 bits per heavy atom. The number of nitrogens with zero attached hydrogens (tertiary/aromatic N) is 2. The minimum atomic E-state index is -0.694. The van der Waals surface area contributed by atoms with Gasteiger partial charge in [0.1, 0.15) is 10.4 Å². The van der Waals surface area contributed by atoms with Crippen LogP contribution in [0.15, 0.2) is 34.0 Å². The van der Waals surface area contributed by atoms with Crippen LogP contribution in [0.1, 0.15) is 11.8 Å². The number of nitrogens with one attached hydrogen (secondary N) is 1. The summed E-state index contributed by atoms with van der Waals surface area (Å²) in [5, 5.41) is 6.90. The summed E-state index contributed by atoms with van der Waals surface area (Å²) in [5.41, 5.74) is 0. The second kappa shape index (κ2) is 6.91. The molecule has 3 rings (SSSR count). The van der Waals surface area contributed by atoms with Gasteiger partial charge in [-0.05, 0) is 24.4 Å². The van der Waals surface area contributed by atoms with E-state index in [2.05, 4.69) is 10.3 Å². The third-order valence-electron chi connectivity index (χ3n) is 3.07. The smallest absolute Gasteiger partial charge is 0.266 e. The average Bonchev–Trinajstić information content (AvgIpc) is 3.23. The maximum Gasteiger partial charge on any atom is 0.266 e. The maximum absolute atomic E-state index is 12.6. The maximum atomic E-state index is 12.6. The van der Waals surface area contributed by atoms with Gasteiger partial charge in [0.2, 0.25) is 5.91 Å². The van der Waals surface area contributed by atoms with Gasteiger partial charge in [0.15, 0.2) is 5.13 Å². The van der Waals surface area contributed by atoms with Crippen molar-refractivity contribution in [1.82, 2.24) is 9.88 Å². The highest BCUT2D eigenvalue weighted by Gasteiger charge is 2.38. The van der Waals surface area contributed by atoms with E-state index in [0.717, 1.165) is 4.88 Å². The molecule has 9 heteroatoms. The third-order valence-corrected chi connectivity index (χ3v) is 5.91. The van der Waals surface area contributed by atoms with Gasteiger partial charge in [0, 0.05) is 16.5 Å². The number of thiocarbonyl (C=S) groups is 1. The molecular weight excluding hydrogens is 370 g/mol. The van der Waals surface area contributed by atoms with Crippen molar-refractivity contribution in [2.24, 2.45) is 0 Å². The number of hydrogen-bond acceptors (Lipinski definition) is 7. The highest BCUT2D eigenvalue weighted by molar-refractivity contribution is 8.26. The van der Waals surface area contributed by atoms with Crippen molar-refractivity contribution in [3.8, 4) is 0 Å². The number of aromatic nitrogens is 1. The van der Waals surface area contributed by atoms with Crippen LogP contribution in [0.5, 0.6) is 0 Å². The summed E-state index contributed by atoms with van der Waals surface area (Å²) < 4.78 is 0.389. The van der Waals surface area contributed by atoms with E-state index < -0.39 is 6.04 Å². The average molecular weight is 382 g/mol. The molecule has 5 nitrogen and oxygen atoms in total. The molecule has 1 unspecified atom stereocenters. The second-order valence-corrected chi connectivity index (χ2v) is 8.12. The van der Waals surface area contributed by atoms with Crippen LogP contribution in [0.3, 0.4) is 0 Å². The molecule has 0 aliphatic carbocycles. The minimum absolute atomic E-state index is 0.241. The molecule has 2 amide bonds. The van der Waals surface area contributed by atoms with Crippen molar-refractivity contribution in [2.45, 2.75) is 13.0 Å². The Bertz CT molecular complexity index is 768. The van der Waals surface area contributed by atoms with Gasteiger partial charge < -0.3 is 5.32 Å². The molecule has 3 heterocycles. The van der Waals surface area contributed by atoms with E-state index in [9.17, 15) is 9.59 Å². The predicted octanol–water partition coefficient (Wildman–Crippen LogP) is 3.43. The van der Waals surface area contributed by atoms with Gasteiger partial charge in [-0.3, -0.25) is 14.5 Å². The summed E-state index contributed by atoms with van der Waals surface area (Å²) in [6, 6.07) is 3.15. The van der Waals surface area contributed by atoms with Crippen LogP contribution in [0.25, 0.3) is 6.08 Å². The number of thioether (sulfide) groups is 1. The Labute approximate surface area is 150 Å². The van der Waals surface area contributed by atoms with Crippen molar-refractivity contribution in [2.75, 3.05) is 5.32 Å². The SMILES string of the molecule is CC(C(=O)Nc1nccs1)N1C(=O)/C(=C/c2cccs2)SC1=S. The van der Waals surface area contributed by atoms with Crippen LogP contribution in [0.2, 0.25) is 0 Å². The topological polar surface area (TPSA) is 62.3 Å². The molecule has 1 atom stereocenters. The molecule has 2 aromatic rings. The van der Waals surface area contributed by atoms with Gasteiger partial charge in [-0.25, -0.2) is 4.98 Å². The lowest BCUT2D eigenvalue weighted by Gasteiger charge is -2.21. The van der Waals surface area contributed by atoms with E-state index in [1.54, 1.807) is 35.9 Å². The van der Waals surface area contributed by atoms with E-state index in [4.69, 9.17) is 12.2 Å². The fourth-order valence-electron chi connectivity index (χ4n) is 1.93. The van der Waals surface area contributed by atoms with Gasteiger partial charge in [-0.15, -0.1) is 22.7 Å². The zero-order valence-electron chi connectivity index (χ0n) is 11.9. The zero-order chi connectivity index (χ0) is 16.4. The molecule has 1 fully saturated rings. The Morgan fingerprint density at radius 1 is 1.43 bits per heavy atom. The molecule has 2 aromatic heterocycles. The molecule has 0 bridgehead atoms. The summed E-state index contributed by atoms with van der Waals surface area (Å²) in [7, 11) is 0. The number of carbonyl (C=O) groups is 2. The van der Waals surface area contributed by atoms with Crippen LogP contribution in [0.4, 0.5) is 5.13 Å².